The van der Waals surface area contributed by atoms with Crippen molar-refractivity contribution in [1.29, 1.82) is 0 Å². The average Bonchev–Trinajstić information content (AvgIpc) is 2.50. The zero-order valence-corrected chi connectivity index (χ0v) is 11.8. The van der Waals surface area contributed by atoms with Crippen LogP contribution in [-0.4, -0.2) is 10.7 Å². The van der Waals surface area contributed by atoms with Crippen molar-refractivity contribution in [3.8, 4) is 35.7 Å². The summed E-state index contributed by atoms with van der Waals surface area (Å²) in [4.78, 5) is 0. The van der Waals surface area contributed by atoms with Crippen molar-refractivity contribution >= 4 is 0 Å². The summed E-state index contributed by atoms with van der Waals surface area (Å²) < 4.78 is 5.69. The lowest BCUT2D eigenvalue weighted by Gasteiger charge is -2.10. The van der Waals surface area contributed by atoms with Crippen LogP contribution in [0.3, 0.4) is 0 Å². The van der Waals surface area contributed by atoms with E-state index in [1.54, 1.807) is 6.92 Å². The van der Waals surface area contributed by atoms with Gasteiger partial charge in [-0.1, -0.05) is 36.0 Å². The molecule has 1 unspecified atom stereocenters. The predicted octanol–water partition coefficient (Wildman–Crippen LogP) is 3.60. The van der Waals surface area contributed by atoms with Crippen LogP contribution in [0, 0.1) is 24.2 Å². The van der Waals surface area contributed by atoms with Crippen molar-refractivity contribution in [3.63, 3.8) is 0 Å². The van der Waals surface area contributed by atoms with Crippen LogP contribution in [0.2, 0.25) is 0 Å². The normalized spacial score (nSPS) is 12.4. The van der Waals surface area contributed by atoms with E-state index in [1.165, 1.54) is 0 Å². The fourth-order valence-electron chi connectivity index (χ4n) is 1.60. The van der Waals surface area contributed by atoms with Crippen LogP contribution in [0.25, 0.3) is 0 Å². The maximum Gasteiger partial charge on any atom is 0.133 e. The number of para-hydroxylation sites is 1. The molecule has 0 aromatic heterocycles. The van der Waals surface area contributed by atoms with Gasteiger partial charge in [0.15, 0.2) is 0 Å². The van der Waals surface area contributed by atoms with Gasteiger partial charge in [0.1, 0.15) is 17.1 Å². The van der Waals surface area contributed by atoms with E-state index in [0.29, 0.717) is 0 Å². The van der Waals surface area contributed by atoms with E-state index in [9.17, 15) is 5.11 Å². The van der Waals surface area contributed by atoms with Crippen molar-refractivity contribution in [2.24, 2.45) is 0 Å². The first kappa shape index (κ1) is 14.7. The van der Waals surface area contributed by atoms with Crippen LogP contribution in [0.5, 0.6) is 11.5 Å². The van der Waals surface area contributed by atoms with E-state index >= 15 is 0 Å². The third-order valence-corrected chi connectivity index (χ3v) is 2.81. The molecule has 0 radical (unpaired) electrons. The standard InChI is InChI=1S/C19H16O2/c1-3-19(2,20)15-7-8-16-11-13-18(14-12-16)21-17-9-5-4-6-10-17/h1,4-6,9-14,20H,15H2,2H3. The zero-order valence-electron chi connectivity index (χ0n) is 11.8. The largest absolute Gasteiger partial charge is 0.457 e. The topological polar surface area (TPSA) is 29.5 Å². The summed E-state index contributed by atoms with van der Waals surface area (Å²) in [7, 11) is 0. The Morgan fingerprint density at radius 1 is 1.05 bits per heavy atom. The molecule has 1 atom stereocenters. The van der Waals surface area contributed by atoms with Gasteiger partial charge in [-0.15, -0.1) is 6.42 Å². The van der Waals surface area contributed by atoms with Crippen molar-refractivity contribution in [2.75, 3.05) is 0 Å². The van der Waals surface area contributed by atoms with Crippen molar-refractivity contribution < 1.29 is 9.84 Å². The molecule has 0 aliphatic carbocycles. The smallest absolute Gasteiger partial charge is 0.133 e. The monoisotopic (exact) mass is 276 g/mol. The maximum absolute atomic E-state index is 9.65. The van der Waals surface area contributed by atoms with Crippen molar-refractivity contribution in [1.82, 2.24) is 0 Å². The number of rotatable bonds is 3. The number of terminal acetylenes is 1. The van der Waals surface area contributed by atoms with Crippen LogP contribution in [0.15, 0.2) is 54.6 Å². The summed E-state index contributed by atoms with van der Waals surface area (Å²) in [5.41, 5.74) is -0.327. The molecule has 0 spiro atoms. The molecule has 0 bridgehead atoms. The lowest BCUT2D eigenvalue weighted by molar-refractivity contribution is 0.128. The molecule has 104 valence electrons. The van der Waals surface area contributed by atoms with Gasteiger partial charge in [-0.2, -0.15) is 0 Å². The van der Waals surface area contributed by atoms with Gasteiger partial charge >= 0.3 is 0 Å². The van der Waals surface area contributed by atoms with E-state index in [2.05, 4.69) is 17.8 Å². The van der Waals surface area contributed by atoms with Gasteiger partial charge in [0, 0.05) is 12.0 Å². The molecule has 2 aromatic rings. The molecule has 21 heavy (non-hydrogen) atoms. The fourth-order valence-corrected chi connectivity index (χ4v) is 1.60. The molecular weight excluding hydrogens is 260 g/mol. The summed E-state index contributed by atoms with van der Waals surface area (Å²) in [6, 6.07) is 17.0. The number of hydrogen-bond donors (Lipinski definition) is 1. The zero-order chi connectivity index (χ0) is 15.1. The molecule has 2 heteroatoms. The van der Waals surface area contributed by atoms with E-state index < -0.39 is 5.60 Å². The summed E-state index contributed by atoms with van der Waals surface area (Å²) in [6.07, 6.45) is 5.44. The lowest BCUT2D eigenvalue weighted by atomic mass is 10.0. The Hall–Kier alpha value is -2.68. The van der Waals surface area contributed by atoms with Crippen LogP contribution in [0.1, 0.15) is 18.9 Å². The molecule has 0 saturated heterocycles. The molecule has 1 N–H and O–H groups in total. The maximum atomic E-state index is 9.65. The summed E-state index contributed by atoms with van der Waals surface area (Å²) >= 11 is 0. The van der Waals surface area contributed by atoms with Crippen LogP contribution in [0.4, 0.5) is 0 Å². The second-order valence-corrected chi connectivity index (χ2v) is 4.84. The van der Waals surface area contributed by atoms with Gasteiger partial charge in [-0.25, -0.2) is 0 Å². The van der Waals surface area contributed by atoms with Gasteiger partial charge in [-0.3, -0.25) is 0 Å². The molecule has 0 heterocycles. The van der Waals surface area contributed by atoms with Crippen LogP contribution in [-0.2, 0) is 0 Å². The average molecular weight is 276 g/mol. The van der Waals surface area contributed by atoms with Gasteiger partial charge in [0.25, 0.3) is 0 Å². The van der Waals surface area contributed by atoms with Gasteiger partial charge in [0.2, 0.25) is 0 Å². The SMILES string of the molecule is C#CC(C)(O)CC#Cc1ccc(Oc2ccccc2)cc1. The summed E-state index contributed by atoms with van der Waals surface area (Å²) in [6.45, 7) is 1.57. The van der Waals surface area contributed by atoms with Crippen molar-refractivity contribution in [2.45, 2.75) is 18.9 Å². The van der Waals surface area contributed by atoms with Crippen LogP contribution >= 0.6 is 0 Å². The molecule has 2 nitrogen and oxygen atoms in total. The van der Waals surface area contributed by atoms with Gasteiger partial charge < -0.3 is 9.84 Å². The van der Waals surface area contributed by atoms with Gasteiger partial charge in [0.05, 0.1) is 0 Å². The summed E-state index contributed by atoms with van der Waals surface area (Å²) in [5.74, 6) is 9.69. The highest BCUT2D eigenvalue weighted by Gasteiger charge is 2.13. The highest BCUT2D eigenvalue weighted by molar-refractivity contribution is 5.40. The molecule has 2 rings (SSSR count). The molecular formula is C19H16O2. The minimum Gasteiger partial charge on any atom is -0.457 e. The highest BCUT2D eigenvalue weighted by atomic mass is 16.5. The Morgan fingerprint density at radius 3 is 2.29 bits per heavy atom. The summed E-state index contributed by atoms with van der Waals surface area (Å²) in [5, 5.41) is 9.65. The number of hydrogen-bond acceptors (Lipinski definition) is 2. The predicted molar refractivity (Wildman–Crippen MR) is 83.9 cm³/mol. The minimum absolute atomic E-state index is 0.242. The second kappa shape index (κ2) is 6.66. The van der Waals surface area contributed by atoms with E-state index in [0.717, 1.165) is 17.1 Å². The van der Waals surface area contributed by atoms with Gasteiger partial charge in [-0.05, 0) is 43.3 Å². The minimum atomic E-state index is -1.18. The Bertz CT molecular complexity index is 680. The Kier molecular flexibility index (Phi) is 4.67. The third-order valence-electron chi connectivity index (χ3n) is 2.81. The second-order valence-electron chi connectivity index (χ2n) is 4.84. The number of ether oxygens (including phenoxy) is 1. The first-order chi connectivity index (χ1) is 10.1. The molecule has 0 amide bonds. The molecule has 2 aromatic carbocycles. The quantitative estimate of drug-likeness (QED) is 0.868. The Balaban J connectivity index is 2.00. The fraction of sp³-hybridized carbons (Fsp3) is 0.158. The molecule has 0 saturated carbocycles. The first-order valence-electron chi connectivity index (χ1n) is 6.61. The van der Waals surface area contributed by atoms with E-state index in [-0.39, 0.29) is 6.42 Å². The first-order valence-corrected chi connectivity index (χ1v) is 6.61. The van der Waals surface area contributed by atoms with E-state index in [1.807, 2.05) is 54.6 Å². The van der Waals surface area contributed by atoms with Crippen molar-refractivity contribution in [3.05, 3.63) is 60.2 Å². The molecule has 0 aliphatic rings. The molecule has 0 fully saturated rings. The highest BCUT2D eigenvalue weighted by Crippen LogP contribution is 2.20. The van der Waals surface area contributed by atoms with Crippen LogP contribution < -0.4 is 4.74 Å². The Morgan fingerprint density at radius 2 is 1.67 bits per heavy atom. The van der Waals surface area contributed by atoms with E-state index in [4.69, 9.17) is 11.2 Å². The molecule has 0 aliphatic heterocycles. The lowest BCUT2D eigenvalue weighted by Crippen LogP contribution is -2.19. The number of benzene rings is 2. The number of aliphatic hydroxyl groups is 1. The Labute approximate surface area is 125 Å². The third kappa shape index (κ3) is 4.73.